The lowest BCUT2D eigenvalue weighted by atomic mass is 9.83. The molecule has 0 N–H and O–H groups in total. The lowest BCUT2D eigenvalue weighted by Crippen LogP contribution is -2.24. The molecule has 0 saturated carbocycles. The van der Waals surface area contributed by atoms with Crippen molar-refractivity contribution in [1.82, 2.24) is 0 Å². The van der Waals surface area contributed by atoms with E-state index in [1.165, 1.54) is 32.1 Å². The fourth-order valence-corrected chi connectivity index (χ4v) is 4.41. The Kier molecular flexibility index (Phi) is 6.14. The Morgan fingerprint density at radius 1 is 0.857 bits per heavy atom. The minimum atomic E-state index is 0.447. The minimum absolute atomic E-state index is 0.447. The van der Waals surface area contributed by atoms with E-state index in [-0.39, 0.29) is 0 Å². The highest BCUT2D eigenvalue weighted by molar-refractivity contribution is 4.86. The summed E-state index contributed by atoms with van der Waals surface area (Å²) in [6.45, 7) is 13.8. The van der Waals surface area contributed by atoms with Crippen molar-refractivity contribution in [2.24, 2.45) is 23.7 Å². The molecule has 21 heavy (non-hydrogen) atoms. The van der Waals surface area contributed by atoms with Gasteiger partial charge >= 0.3 is 0 Å². The third kappa shape index (κ3) is 4.69. The monoisotopic (exact) mass is 296 g/mol. The molecule has 2 rings (SSSR count). The maximum absolute atomic E-state index is 6.20. The van der Waals surface area contributed by atoms with Gasteiger partial charge in [-0.1, -0.05) is 27.7 Å². The smallest absolute Gasteiger partial charge is 0.0610 e. The van der Waals surface area contributed by atoms with Gasteiger partial charge in [-0.2, -0.15) is 0 Å². The second-order valence-corrected chi connectivity index (χ2v) is 8.32. The topological polar surface area (TPSA) is 18.5 Å². The Hall–Kier alpha value is -0.0800. The van der Waals surface area contributed by atoms with E-state index < -0.39 is 0 Å². The normalized spacial score (nSPS) is 40.6. The molecule has 0 radical (unpaired) electrons. The summed E-state index contributed by atoms with van der Waals surface area (Å²) in [5.74, 6) is 2.97. The molecule has 0 spiro atoms. The zero-order chi connectivity index (χ0) is 15.6. The average molecular weight is 296 g/mol. The Morgan fingerprint density at radius 2 is 1.48 bits per heavy atom. The van der Waals surface area contributed by atoms with Gasteiger partial charge in [0.05, 0.1) is 24.4 Å². The summed E-state index contributed by atoms with van der Waals surface area (Å²) < 4.78 is 12.4. The molecule has 0 aromatic carbocycles. The molecule has 0 aromatic rings. The van der Waals surface area contributed by atoms with Gasteiger partial charge in [0.1, 0.15) is 0 Å². The highest BCUT2D eigenvalue weighted by Crippen LogP contribution is 2.38. The molecule has 0 aromatic heterocycles. The van der Waals surface area contributed by atoms with E-state index in [1.54, 1.807) is 0 Å². The summed E-state index contributed by atoms with van der Waals surface area (Å²) in [7, 11) is 0. The average Bonchev–Trinajstić information content (AvgIpc) is 2.89. The van der Waals surface area contributed by atoms with Crippen LogP contribution in [0.3, 0.4) is 0 Å². The van der Waals surface area contributed by atoms with Crippen molar-refractivity contribution >= 4 is 0 Å². The SMILES string of the molecule is CC(C)CC1OC(C)CC1CCC1OC(C)CC1C(C)C. The number of hydrogen-bond donors (Lipinski definition) is 0. The predicted molar refractivity (Wildman–Crippen MR) is 88.4 cm³/mol. The summed E-state index contributed by atoms with van der Waals surface area (Å²) in [5.41, 5.74) is 0. The molecular formula is C19H36O2. The molecule has 2 aliphatic rings. The molecule has 2 aliphatic heterocycles. The first-order valence-electron chi connectivity index (χ1n) is 9.17. The Morgan fingerprint density at radius 3 is 2.10 bits per heavy atom. The maximum atomic E-state index is 6.20. The summed E-state index contributed by atoms with van der Waals surface area (Å²) in [6.07, 6.45) is 8.07. The molecule has 2 fully saturated rings. The van der Waals surface area contributed by atoms with Gasteiger partial charge in [-0.05, 0) is 69.6 Å². The van der Waals surface area contributed by atoms with Gasteiger partial charge in [0.2, 0.25) is 0 Å². The zero-order valence-electron chi connectivity index (χ0n) is 15.0. The van der Waals surface area contributed by atoms with Crippen molar-refractivity contribution in [3.63, 3.8) is 0 Å². The van der Waals surface area contributed by atoms with Crippen molar-refractivity contribution in [1.29, 1.82) is 0 Å². The van der Waals surface area contributed by atoms with E-state index in [1.807, 2.05) is 0 Å². The van der Waals surface area contributed by atoms with Crippen LogP contribution in [0.4, 0.5) is 0 Å². The highest BCUT2D eigenvalue weighted by atomic mass is 16.5. The van der Waals surface area contributed by atoms with Gasteiger partial charge in [0.25, 0.3) is 0 Å². The second kappa shape index (κ2) is 7.46. The Labute approximate surface area is 132 Å². The Bertz CT molecular complexity index is 313. The van der Waals surface area contributed by atoms with Crippen molar-refractivity contribution in [3.8, 4) is 0 Å². The van der Waals surface area contributed by atoms with Gasteiger partial charge in [-0.15, -0.1) is 0 Å². The van der Waals surface area contributed by atoms with E-state index in [4.69, 9.17) is 9.47 Å². The molecule has 2 saturated heterocycles. The van der Waals surface area contributed by atoms with E-state index in [9.17, 15) is 0 Å². The van der Waals surface area contributed by atoms with Crippen LogP contribution in [0.1, 0.15) is 73.6 Å². The van der Waals surface area contributed by atoms with Crippen LogP contribution in [-0.2, 0) is 9.47 Å². The summed E-state index contributed by atoms with van der Waals surface area (Å²) in [4.78, 5) is 0. The third-order valence-corrected chi connectivity index (χ3v) is 5.44. The van der Waals surface area contributed by atoms with E-state index in [0.717, 1.165) is 23.7 Å². The van der Waals surface area contributed by atoms with Crippen LogP contribution in [0.5, 0.6) is 0 Å². The van der Waals surface area contributed by atoms with Gasteiger partial charge in [-0.3, -0.25) is 0 Å². The highest BCUT2D eigenvalue weighted by Gasteiger charge is 2.37. The largest absolute Gasteiger partial charge is 0.375 e. The first-order chi connectivity index (χ1) is 9.86. The zero-order valence-corrected chi connectivity index (χ0v) is 15.0. The molecule has 0 bridgehead atoms. The lowest BCUT2D eigenvalue weighted by molar-refractivity contribution is 0.0140. The molecule has 2 heteroatoms. The third-order valence-electron chi connectivity index (χ3n) is 5.44. The number of ether oxygens (including phenoxy) is 2. The first kappa shape index (κ1) is 17.3. The standard InChI is InChI=1S/C19H36O2/c1-12(2)9-19-16(10-14(5)21-19)7-8-18-17(13(3)4)11-15(6)20-18/h12-19H,7-11H2,1-6H3. The van der Waals surface area contributed by atoms with Crippen LogP contribution in [0, 0.1) is 23.7 Å². The van der Waals surface area contributed by atoms with Crippen molar-refractivity contribution in [2.75, 3.05) is 0 Å². The first-order valence-corrected chi connectivity index (χ1v) is 9.17. The summed E-state index contributed by atoms with van der Waals surface area (Å²) in [6, 6.07) is 0. The van der Waals surface area contributed by atoms with Crippen molar-refractivity contribution in [3.05, 3.63) is 0 Å². The van der Waals surface area contributed by atoms with Crippen LogP contribution >= 0.6 is 0 Å². The van der Waals surface area contributed by atoms with Gasteiger partial charge in [0.15, 0.2) is 0 Å². The van der Waals surface area contributed by atoms with Crippen LogP contribution in [-0.4, -0.2) is 24.4 Å². The fourth-order valence-electron chi connectivity index (χ4n) is 4.41. The second-order valence-electron chi connectivity index (χ2n) is 8.32. The molecule has 124 valence electrons. The number of hydrogen-bond acceptors (Lipinski definition) is 2. The van der Waals surface area contributed by atoms with Gasteiger partial charge in [-0.25, -0.2) is 0 Å². The van der Waals surface area contributed by atoms with Crippen LogP contribution in [0.15, 0.2) is 0 Å². The minimum Gasteiger partial charge on any atom is -0.375 e. The lowest BCUT2D eigenvalue weighted by Gasteiger charge is -2.25. The van der Waals surface area contributed by atoms with Crippen LogP contribution in [0.2, 0.25) is 0 Å². The molecule has 0 aliphatic carbocycles. The summed E-state index contributed by atoms with van der Waals surface area (Å²) in [5, 5.41) is 0. The molecule has 2 nitrogen and oxygen atoms in total. The van der Waals surface area contributed by atoms with Crippen LogP contribution in [0.25, 0.3) is 0 Å². The van der Waals surface area contributed by atoms with Crippen LogP contribution < -0.4 is 0 Å². The molecule has 6 atom stereocenters. The van der Waals surface area contributed by atoms with Gasteiger partial charge in [0, 0.05) is 0 Å². The molecule has 6 unspecified atom stereocenters. The quantitative estimate of drug-likeness (QED) is 0.682. The predicted octanol–water partition coefficient (Wildman–Crippen LogP) is 5.06. The van der Waals surface area contributed by atoms with Gasteiger partial charge < -0.3 is 9.47 Å². The van der Waals surface area contributed by atoms with Crippen molar-refractivity contribution in [2.45, 2.75) is 98.1 Å². The molecule has 2 heterocycles. The van der Waals surface area contributed by atoms with E-state index in [2.05, 4.69) is 41.5 Å². The summed E-state index contributed by atoms with van der Waals surface area (Å²) >= 11 is 0. The number of rotatable bonds is 6. The Balaban J connectivity index is 1.86. The molecule has 0 amide bonds. The fraction of sp³-hybridized carbons (Fsp3) is 1.00. The van der Waals surface area contributed by atoms with E-state index in [0.29, 0.717) is 24.4 Å². The van der Waals surface area contributed by atoms with E-state index >= 15 is 0 Å². The maximum Gasteiger partial charge on any atom is 0.0610 e. The molecular weight excluding hydrogens is 260 g/mol. The van der Waals surface area contributed by atoms with Crippen molar-refractivity contribution < 1.29 is 9.47 Å².